The lowest BCUT2D eigenvalue weighted by Crippen LogP contribution is -2.45. The van der Waals surface area contributed by atoms with Gasteiger partial charge < -0.3 is 26.2 Å². The van der Waals surface area contributed by atoms with E-state index in [1.54, 1.807) is 0 Å². The highest BCUT2D eigenvalue weighted by Gasteiger charge is 2.22. The number of carboxylic acid groups (broad SMARTS) is 1. The number of rotatable bonds is 29. The number of aliphatic hydroxyl groups is 3. The summed E-state index contributed by atoms with van der Waals surface area (Å²) in [6, 6.07) is -0.743. The van der Waals surface area contributed by atoms with Crippen LogP contribution in [0.5, 0.6) is 0 Å². The van der Waals surface area contributed by atoms with Crippen molar-refractivity contribution in [1.82, 2.24) is 0 Å². The van der Waals surface area contributed by atoms with E-state index in [0.717, 1.165) is 44.9 Å². The highest BCUT2D eigenvalue weighted by atomic mass is 16.4. The van der Waals surface area contributed by atoms with Crippen molar-refractivity contribution in [2.24, 2.45) is 5.73 Å². The van der Waals surface area contributed by atoms with Crippen LogP contribution < -0.4 is 5.73 Å². The topological polar surface area (TPSA) is 124 Å². The Morgan fingerprint density at radius 1 is 0.619 bits per heavy atom. The lowest BCUT2D eigenvalue weighted by molar-refractivity contribution is -0.137. The molecule has 0 saturated carbocycles. The van der Waals surface area contributed by atoms with E-state index in [4.69, 9.17) is 15.9 Å². The van der Waals surface area contributed by atoms with E-state index < -0.39 is 24.2 Å². The number of hydrogen-bond donors (Lipinski definition) is 5. The third-order valence-corrected chi connectivity index (χ3v) is 7.43. The summed E-state index contributed by atoms with van der Waals surface area (Å²) in [5.41, 5.74) is 5.49. The standard InChI is InChI=1S/C18H39NO3.C18H30O2/c1-2-3-4-5-6-7-8-9-10-11-12-13-14-17(21)18(22)16(19)15-20;1-2-3-4-5-6-7-8-9-10-11-12-13-14-15-16-17-18(19)20/h16-18,20-22H,2-15,19H2,1H3;6-7,9-10,12-13H,2-5,8,11,14-17H2,1H3,(H,19,20)/b;7-6-,10-9-,13-12-. The van der Waals surface area contributed by atoms with Crippen LogP contribution in [0.2, 0.25) is 0 Å². The Balaban J connectivity index is 0. The molecule has 0 bridgehead atoms. The molecule has 42 heavy (non-hydrogen) atoms. The Kier molecular flexibility index (Phi) is 36.3. The van der Waals surface area contributed by atoms with Crippen molar-refractivity contribution in [3.8, 4) is 0 Å². The maximum atomic E-state index is 10.3. The van der Waals surface area contributed by atoms with Crippen LogP contribution >= 0.6 is 0 Å². The molecule has 0 aromatic heterocycles. The summed E-state index contributed by atoms with van der Waals surface area (Å²) in [4.78, 5) is 10.3. The van der Waals surface area contributed by atoms with Crippen molar-refractivity contribution in [2.45, 2.75) is 180 Å². The fraction of sp³-hybridized carbons (Fsp3) is 0.806. The molecule has 0 amide bonds. The van der Waals surface area contributed by atoms with Crippen LogP contribution in [0.3, 0.4) is 0 Å². The second kappa shape index (κ2) is 35.7. The van der Waals surface area contributed by atoms with Crippen molar-refractivity contribution < 1.29 is 25.2 Å². The van der Waals surface area contributed by atoms with Crippen LogP contribution in [0, 0.1) is 0 Å². The summed E-state index contributed by atoms with van der Waals surface area (Å²) in [6.07, 6.45) is 37.4. The third-order valence-electron chi connectivity index (χ3n) is 7.43. The van der Waals surface area contributed by atoms with Crippen LogP contribution in [-0.2, 0) is 4.79 Å². The summed E-state index contributed by atoms with van der Waals surface area (Å²) >= 11 is 0. The quantitative estimate of drug-likeness (QED) is 0.0435. The highest BCUT2D eigenvalue weighted by Crippen LogP contribution is 2.14. The van der Waals surface area contributed by atoms with Gasteiger partial charge >= 0.3 is 5.97 Å². The molecule has 0 aromatic rings. The molecule has 0 fully saturated rings. The third kappa shape index (κ3) is 34.7. The van der Waals surface area contributed by atoms with E-state index in [1.807, 2.05) is 0 Å². The fourth-order valence-corrected chi connectivity index (χ4v) is 4.59. The first-order chi connectivity index (χ1) is 20.4. The van der Waals surface area contributed by atoms with Crippen LogP contribution in [0.4, 0.5) is 0 Å². The Bertz CT molecular complexity index is 634. The molecule has 3 atom stereocenters. The summed E-state index contributed by atoms with van der Waals surface area (Å²) in [5, 5.41) is 36.7. The van der Waals surface area contributed by atoms with E-state index >= 15 is 0 Å². The van der Waals surface area contributed by atoms with Gasteiger partial charge in [0.05, 0.1) is 24.9 Å². The SMILES string of the molecule is CCCCC/C=C\C/C=C\C/C=C\CCCCC(=O)O.CCCCCCCCCCCCCCC(O)C(O)C(N)CO. The van der Waals surface area contributed by atoms with Crippen molar-refractivity contribution in [3.05, 3.63) is 36.5 Å². The van der Waals surface area contributed by atoms with Gasteiger partial charge in [0, 0.05) is 6.42 Å². The Morgan fingerprint density at radius 2 is 1.02 bits per heavy atom. The largest absolute Gasteiger partial charge is 0.481 e. The normalized spacial score (nSPS) is 14.0. The Morgan fingerprint density at radius 3 is 1.48 bits per heavy atom. The van der Waals surface area contributed by atoms with Crippen LogP contribution in [0.1, 0.15) is 162 Å². The lowest BCUT2D eigenvalue weighted by Gasteiger charge is -2.22. The second-order valence-corrected chi connectivity index (χ2v) is 11.6. The van der Waals surface area contributed by atoms with Gasteiger partial charge in [0.2, 0.25) is 0 Å². The highest BCUT2D eigenvalue weighted by molar-refractivity contribution is 5.66. The molecule has 0 aromatic carbocycles. The van der Waals surface area contributed by atoms with E-state index in [0.29, 0.717) is 12.8 Å². The number of unbranched alkanes of at least 4 members (excludes halogenated alkanes) is 16. The minimum Gasteiger partial charge on any atom is -0.481 e. The first-order valence-corrected chi connectivity index (χ1v) is 17.3. The summed E-state index contributed by atoms with van der Waals surface area (Å²) < 4.78 is 0. The molecule has 0 heterocycles. The van der Waals surface area contributed by atoms with Crippen molar-refractivity contribution >= 4 is 5.97 Å². The number of hydrogen-bond acceptors (Lipinski definition) is 5. The predicted molar refractivity (Wildman–Crippen MR) is 180 cm³/mol. The number of carbonyl (C=O) groups is 1. The fourth-order valence-electron chi connectivity index (χ4n) is 4.59. The zero-order chi connectivity index (χ0) is 31.5. The first-order valence-electron chi connectivity index (χ1n) is 17.3. The lowest BCUT2D eigenvalue weighted by atomic mass is 10.00. The van der Waals surface area contributed by atoms with Gasteiger partial charge in [-0.25, -0.2) is 0 Å². The maximum absolute atomic E-state index is 10.3. The zero-order valence-corrected chi connectivity index (χ0v) is 27.4. The molecule has 6 heteroatoms. The van der Waals surface area contributed by atoms with Gasteiger partial charge in [-0.1, -0.05) is 140 Å². The van der Waals surface area contributed by atoms with Crippen LogP contribution in [-0.4, -0.2) is 51.3 Å². The molecule has 248 valence electrons. The van der Waals surface area contributed by atoms with Gasteiger partial charge in [-0.05, 0) is 51.4 Å². The molecule has 3 unspecified atom stereocenters. The average molecular weight is 596 g/mol. The smallest absolute Gasteiger partial charge is 0.303 e. The zero-order valence-electron chi connectivity index (χ0n) is 27.4. The second-order valence-electron chi connectivity index (χ2n) is 11.6. The molecule has 0 aliphatic carbocycles. The molecular weight excluding hydrogens is 526 g/mol. The van der Waals surface area contributed by atoms with E-state index in [-0.39, 0.29) is 6.61 Å². The number of allylic oxidation sites excluding steroid dienone is 6. The summed E-state index contributed by atoms with van der Waals surface area (Å²) in [5.74, 6) is -0.695. The molecule has 0 rings (SSSR count). The predicted octanol–water partition coefficient (Wildman–Crippen LogP) is 8.78. The minimum absolute atomic E-state index is 0.290. The molecule has 0 aliphatic heterocycles. The molecule has 0 aliphatic rings. The van der Waals surface area contributed by atoms with E-state index in [9.17, 15) is 15.0 Å². The van der Waals surface area contributed by atoms with Gasteiger partial charge in [0.15, 0.2) is 0 Å². The monoisotopic (exact) mass is 596 g/mol. The number of nitrogens with two attached hydrogens (primary N) is 1. The molecule has 0 spiro atoms. The van der Waals surface area contributed by atoms with Gasteiger partial charge in [-0.15, -0.1) is 0 Å². The van der Waals surface area contributed by atoms with Gasteiger partial charge in [-0.3, -0.25) is 4.79 Å². The van der Waals surface area contributed by atoms with Crippen molar-refractivity contribution in [2.75, 3.05) is 6.61 Å². The Labute approximate surface area is 259 Å². The van der Waals surface area contributed by atoms with Crippen LogP contribution in [0.15, 0.2) is 36.5 Å². The van der Waals surface area contributed by atoms with Crippen LogP contribution in [0.25, 0.3) is 0 Å². The maximum Gasteiger partial charge on any atom is 0.303 e. The van der Waals surface area contributed by atoms with Gasteiger partial charge in [0.25, 0.3) is 0 Å². The van der Waals surface area contributed by atoms with Crippen molar-refractivity contribution in [3.63, 3.8) is 0 Å². The molecule has 6 N–H and O–H groups in total. The first kappa shape index (κ1) is 42.7. The molecule has 0 saturated heterocycles. The minimum atomic E-state index is -1.02. The van der Waals surface area contributed by atoms with E-state index in [2.05, 4.69) is 50.3 Å². The molecular formula is C36H69NO5. The summed E-state index contributed by atoms with van der Waals surface area (Å²) in [7, 11) is 0. The van der Waals surface area contributed by atoms with E-state index in [1.165, 1.54) is 89.9 Å². The molecule has 6 nitrogen and oxygen atoms in total. The van der Waals surface area contributed by atoms with Gasteiger partial charge in [-0.2, -0.15) is 0 Å². The Hall–Kier alpha value is -1.47. The number of carboxylic acids is 1. The number of aliphatic carboxylic acids is 1. The molecule has 0 radical (unpaired) electrons. The summed E-state index contributed by atoms with van der Waals surface area (Å²) in [6.45, 7) is 4.18. The van der Waals surface area contributed by atoms with Crippen molar-refractivity contribution in [1.29, 1.82) is 0 Å². The number of aliphatic hydroxyl groups excluding tert-OH is 3. The van der Waals surface area contributed by atoms with Gasteiger partial charge in [0.1, 0.15) is 0 Å². The average Bonchev–Trinajstić information content (AvgIpc) is 2.98.